The number of alkyl halides is 2. The van der Waals surface area contributed by atoms with Gasteiger partial charge in [0.25, 0.3) is 6.43 Å². The number of hydrogen-bond acceptors (Lipinski definition) is 5. The van der Waals surface area contributed by atoms with Crippen LogP contribution >= 0.6 is 12.2 Å². The number of fused-ring (bicyclic) bond motifs is 1. The van der Waals surface area contributed by atoms with E-state index in [-0.39, 0.29) is 25.4 Å². The van der Waals surface area contributed by atoms with Crippen LogP contribution in [0.25, 0.3) is 12.2 Å². The van der Waals surface area contributed by atoms with Crippen LogP contribution in [0.1, 0.15) is 0 Å². The Bertz CT molecular complexity index is 1260. The fraction of sp³-hybridized carbons (Fsp3) is 0.250. The molecule has 2 aliphatic heterocycles. The number of anilines is 2. The van der Waals surface area contributed by atoms with Gasteiger partial charge in [0.05, 0.1) is 32.0 Å². The molecule has 1 fully saturated rings. The van der Waals surface area contributed by atoms with Gasteiger partial charge < -0.3 is 20.1 Å². The maximum atomic E-state index is 14.9. The van der Waals surface area contributed by atoms with Crippen molar-refractivity contribution in [3.05, 3.63) is 70.2 Å². The second kappa shape index (κ2) is 10.9. The third-order valence-electron chi connectivity index (χ3n) is 5.34. The molecule has 0 spiro atoms. The van der Waals surface area contributed by atoms with E-state index in [4.69, 9.17) is 9.47 Å². The summed E-state index contributed by atoms with van der Waals surface area (Å²) in [4.78, 5) is 12.5. The van der Waals surface area contributed by atoms with Crippen molar-refractivity contribution in [3.63, 3.8) is 0 Å². The molecule has 184 valence electrons. The number of nitrogens with one attached hydrogen (secondary N) is 2. The van der Waals surface area contributed by atoms with Crippen LogP contribution in [0, 0.1) is 11.6 Å². The largest absolute Gasteiger partial charge is 0.442 e. The number of carbonyl (C=O) groups excluding carboxylic acids is 1. The van der Waals surface area contributed by atoms with E-state index in [1.807, 2.05) is 36.4 Å². The third kappa shape index (κ3) is 5.98. The molecule has 6 nitrogen and oxygen atoms in total. The summed E-state index contributed by atoms with van der Waals surface area (Å²) in [5.41, 5.74) is -0.0341. The lowest BCUT2D eigenvalue weighted by atomic mass is 10.2. The number of halogens is 4. The molecule has 0 bridgehead atoms. The number of rotatable bonds is 6. The predicted octanol–water partition coefficient (Wildman–Crippen LogP) is 3.06. The van der Waals surface area contributed by atoms with Crippen molar-refractivity contribution in [1.82, 2.24) is 5.32 Å². The van der Waals surface area contributed by atoms with Gasteiger partial charge in [-0.15, -0.1) is 0 Å². The average Bonchev–Trinajstić information content (AvgIpc) is 3.24. The number of thiocarbonyl (C=S) groups is 1. The Balaban J connectivity index is 1.50. The van der Waals surface area contributed by atoms with E-state index in [1.165, 1.54) is 0 Å². The molecule has 1 saturated heterocycles. The molecule has 4 rings (SSSR count). The van der Waals surface area contributed by atoms with E-state index in [0.717, 1.165) is 27.5 Å². The molecule has 0 saturated carbocycles. The van der Waals surface area contributed by atoms with Gasteiger partial charge in [-0.3, -0.25) is 4.90 Å². The first-order valence-corrected chi connectivity index (χ1v) is 11.1. The Morgan fingerprint density at radius 1 is 1.14 bits per heavy atom. The maximum Gasteiger partial charge on any atom is 0.414 e. The summed E-state index contributed by atoms with van der Waals surface area (Å²) in [6, 6.07) is 9.64. The molecular weight excluding hydrogens is 486 g/mol. The van der Waals surface area contributed by atoms with Gasteiger partial charge in [-0.25, -0.2) is 22.4 Å². The van der Waals surface area contributed by atoms with Crippen molar-refractivity contribution >= 4 is 46.8 Å². The number of nitrogens with zero attached hydrogens (tertiary/aromatic N) is 1. The highest BCUT2D eigenvalue weighted by molar-refractivity contribution is 7.80. The Morgan fingerprint density at radius 3 is 2.57 bits per heavy atom. The number of benzene rings is 2. The molecule has 0 radical (unpaired) electrons. The van der Waals surface area contributed by atoms with Gasteiger partial charge in [0.1, 0.15) is 16.8 Å². The van der Waals surface area contributed by atoms with E-state index in [0.29, 0.717) is 12.3 Å². The smallest absolute Gasteiger partial charge is 0.414 e. The number of ether oxygens (including phenoxy) is 2. The summed E-state index contributed by atoms with van der Waals surface area (Å²) in [5.74, 6) is -1.86. The highest BCUT2D eigenvalue weighted by Crippen LogP contribution is 2.29. The van der Waals surface area contributed by atoms with Gasteiger partial charge in [0, 0.05) is 17.8 Å². The molecule has 2 aromatic carbocycles. The summed E-state index contributed by atoms with van der Waals surface area (Å²) in [6.07, 6.45) is 0.910. The molecule has 2 N–H and O–H groups in total. The monoisotopic (exact) mass is 507 g/mol. The van der Waals surface area contributed by atoms with Crippen molar-refractivity contribution in [2.45, 2.75) is 12.5 Å². The highest BCUT2D eigenvalue weighted by atomic mass is 32.1. The molecule has 0 aromatic heterocycles. The molecule has 2 heterocycles. The fourth-order valence-corrected chi connectivity index (χ4v) is 3.69. The SMILES string of the molecule is O=C1O[C@@H](CNC(=S)C(F)F)CN1c1cc(F)c(N/C2=C/C=c3/cccc/c3=C/COC2)c(F)c1. The van der Waals surface area contributed by atoms with Crippen molar-refractivity contribution in [2.24, 2.45) is 0 Å². The minimum Gasteiger partial charge on any atom is -0.442 e. The van der Waals surface area contributed by atoms with Crippen molar-refractivity contribution in [3.8, 4) is 0 Å². The zero-order valence-electron chi connectivity index (χ0n) is 18.3. The van der Waals surface area contributed by atoms with E-state index < -0.39 is 40.9 Å². The van der Waals surface area contributed by atoms with Crippen LogP contribution in [-0.4, -0.2) is 49.9 Å². The highest BCUT2D eigenvalue weighted by Gasteiger charge is 2.33. The first-order chi connectivity index (χ1) is 16.8. The molecule has 35 heavy (non-hydrogen) atoms. The topological polar surface area (TPSA) is 62.8 Å². The zero-order valence-corrected chi connectivity index (χ0v) is 19.1. The van der Waals surface area contributed by atoms with Gasteiger partial charge in [-0.1, -0.05) is 48.6 Å². The lowest BCUT2D eigenvalue weighted by molar-refractivity contribution is 0.142. The Kier molecular flexibility index (Phi) is 7.67. The predicted molar refractivity (Wildman–Crippen MR) is 128 cm³/mol. The summed E-state index contributed by atoms with van der Waals surface area (Å²) in [7, 11) is 0. The van der Waals surface area contributed by atoms with Crippen LogP contribution in [0.3, 0.4) is 0 Å². The maximum absolute atomic E-state index is 14.9. The number of amides is 1. The summed E-state index contributed by atoms with van der Waals surface area (Å²) < 4.78 is 65.5. The molecule has 1 amide bonds. The lowest BCUT2D eigenvalue weighted by Gasteiger charge is -2.17. The summed E-state index contributed by atoms with van der Waals surface area (Å²) >= 11 is 4.48. The normalized spacial score (nSPS) is 21.2. The van der Waals surface area contributed by atoms with Crippen molar-refractivity contribution in [1.29, 1.82) is 0 Å². The van der Waals surface area contributed by atoms with Gasteiger partial charge in [0.2, 0.25) is 0 Å². The quantitative estimate of drug-likeness (QED) is 0.463. The van der Waals surface area contributed by atoms with Crippen LogP contribution in [0.5, 0.6) is 0 Å². The lowest BCUT2D eigenvalue weighted by Crippen LogP contribution is -2.36. The molecule has 1 atom stereocenters. The molecular formula is C24H21F4N3O3S. The van der Waals surface area contributed by atoms with E-state index in [1.54, 1.807) is 6.08 Å². The van der Waals surface area contributed by atoms with Gasteiger partial charge in [-0.05, 0) is 16.5 Å². The van der Waals surface area contributed by atoms with Crippen LogP contribution < -0.4 is 26.0 Å². The molecule has 2 aromatic rings. The Hall–Kier alpha value is -3.44. The minimum atomic E-state index is -2.84. The van der Waals surface area contributed by atoms with E-state index >= 15 is 0 Å². The van der Waals surface area contributed by atoms with Crippen LogP contribution in [0.2, 0.25) is 0 Å². The summed E-state index contributed by atoms with van der Waals surface area (Å²) in [6.45, 7) is 0.173. The molecule has 0 unspecified atom stereocenters. The van der Waals surface area contributed by atoms with Crippen LogP contribution in [0.4, 0.5) is 33.7 Å². The molecule has 11 heteroatoms. The fourth-order valence-electron chi connectivity index (χ4n) is 3.61. The van der Waals surface area contributed by atoms with Gasteiger partial charge >= 0.3 is 6.09 Å². The standard InChI is InChI=1S/C24H21F4N3O3S/c25-19-9-17(31-12-18(34-24(31)32)11-29-23(35)22(27)28)10-20(26)21(19)30-16-6-5-14-3-1-2-4-15(14)7-8-33-13-16/h1-7,9-10,18,22,30H,8,11-13H2,(H,29,35)/b14-5-,15-7-,16-6+/t18-/m0/s1. The Labute approximate surface area is 203 Å². The Morgan fingerprint density at radius 2 is 1.86 bits per heavy atom. The number of allylic oxidation sites excluding steroid dienone is 1. The van der Waals surface area contributed by atoms with Crippen molar-refractivity contribution in [2.75, 3.05) is 36.5 Å². The average molecular weight is 508 g/mol. The molecule has 2 aliphatic rings. The first kappa shape index (κ1) is 24.7. The van der Waals surface area contributed by atoms with Crippen LogP contribution in [-0.2, 0) is 9.47 Å². The minimum absolute atomic E-state index is 0.0655. The molecule has 0 aliphatic carbocycles. The number of cyclic esters (lactones) is 1. The van der Waals surface area contributed by atoms with Crippen LogP contribution in [0.15, 0.2) is 48.2 Å². The van der Waals surface area contributed by atoms with Crippen molar-refractivity contribution < 1.29 is 31.8 Å². The summed E-state index contributed by atoms with van der Waals surface area (Å²) in [5, 5.41) is 6.96. The van der Waals surface area contributed by atoms with E-state index in [2.05, 4.69) is 22.9 Å². The number of carbonyl (C=O) groups is 1. The van der Waals surface area contributed by atoms with Gasteiger partial charge in [0.15, 0.2) is 11.6 Å². The zero-order chi connectivity index (χ0) is 24.9. The van der Waals surface area contributed by atoms with Gasteiger partial charge in [-0.2, -0.15) is 0 Å². The number of hydrogen-bond donors (Lipinski definition) is 2. The first-order valence-electron chi connectivity index (χ1n) is 10.7. The third-order valence-corrected chi connectivity index (χ3v) is 5.66. The van der Waals surface area contributed by atoms with E-state index in [9.17, 15) is 22.4 Å². The second-order valence-corrected chi connectivity index (χ2v) is 8.22. The second-order valence-electron chi connectivity index (χ2n) is 7.78.